The van der Waals surface area contributed by atoms with Crippen LogP contribution in [-0.4, -0.2) is 43.2 Å². The summed E-state index contributed by atoms with van der Waals surface area (Å²) in [5.74, 6) is 0.874. The lowest BCUT2D eigenvalue weighted by atomic mass is 9.84. The van der Waals surface area contributed by atoms with Gasteiger partial charge in [-0.1, -0.05) is 29.3 Å². The van der Waals surface area contributed by atoms with E-state index in [1.54, 1.807) is 0 Å². The first-order chi connectivity index (χ1) is 12.0. The Morgan fingerprint density at radius 1 is 1.08 bits per heavy atom. The first kappa shape index (κ1) is 19.3. The van der Waals surface area contributed by atoms with Crippen molar-refractivity contribution in [2.45, 2.75) is 58.0 Å². The average molecular weight is 384 g/mol. The van der Waals surface area contributed by atoms with Crippen LogP contribution in [0.1, 0.15) is 44.6 Å². The molecule has 2 aliphatic rings. The van der Waals surface area contributed by atoms with Gasteiger partial charge in [0, 0.05) is 31.7 Å². The molecule has 3 nitrogen and oxygen atoms in total. The SMILES string of the molecule is Cc1ccc(N2CCN(CCC3CCC(N)CC3)CC2C)c(Cl)c1Cl. The number of nitrogens with zero attached hydrogens (tertiary/aromatic N) is 2. The Kier molecular flexibility index (Phi) is 6.54. The van der Waals surface area contributed by atoms with E-state index < -0.39 is 0 Å². The molecule has 1 aromatic carbocycles. The van der Waals surface area contributed by atoms with E-state index in [0.29, 0.717) is 22.1 Å². The van der Waals surface area contributed by atoms with Crippen molar-refractivity contribution in [3.8, 4) is 0 Å². The maximum Gasteiger partial charge on any atom is 0.0828 e. The predicted octanol–water partition coefficient (Wildman–Crippen LogP) is 4.72. The molecule has 25 heavy (non-hydrogen) atoms. The van der Waals surface area contributed by atoms with Gasteiger partial charge in [-0.2, -0.15) is 0 Å². The predicted molar refractivity (Wildman–Crippen MR) is 109 cm³/mol. The molecule has 0 amide bonds. The summed E-state index contributed by atoms with van der Waals surface area (Å²) < 4.78 is 0. The zero-order valence-corrected chi connectivity index (χ0v) is 17.0. The normalized spacial score (nSPS) is 28.4. The minimum absolute atomic E-state index is 0.449. The highest BCUT2D eigenvalue weighted by Crippen LogP contribution is 2.36. The standard InChI is InChI=1S/C20H31Cl2N3/c1-14-3-8-18(20(22)19(14)21)25-12-11-24(13-15(25)2)10-9-16-4-6-17(23)7-5-16/h3,8,15-17H,4-7,9-13,23H2,1-2H3. The number of hydrogen-bond donors (Lipinski definition) is 1. The molecular formula is C20H31Cl2N3. The van der Waals surface area contributed by atoms with Crippen molar-refractivity contribution in [2.75, 3.05) is 31.1 Å². The molecule has 140 valence electrons. The summed E-state index contributed by atoms with van der Waals surface area (Å²) in [6.45, 7) is 8.69. The maximum absolute atomic E-state index is 6.51. The third-order valence-electron chi connectivity index (χ3n) is 6.02. The Bertz CT molecular complexity index is 585. The lowest BCUT2D eigenvalue weighted by Gasteiger charge is -2.42. The topological polar surface area (TPSA) is 32.5 Å². The van der Waals surface area contributed by atoms with Crippen LogP contribution in [0.2, 0.25) is 10.0 Å². The van der Waals surface area contributed by atoms with E-state index in [9.17, 15) is 0 Å². The molecule has 0 bridgehead atoms. The van der Waals surface area contributed by atoms with Crippen LogP contribution in [0.15, 0.2) is 12.1 Å². The van der Waals surface area contributed by atoms with Crippen molar-refractivity contribution in [1.29, 1.82) is 0 Å². The zero-order chi connectivity index (χ0) is 18.0. The highest BCUT2D eigenvalue weighted by atomic mass is 35.5. The Morgan fingerprint density at radius 2 is 1.80 bits per heavy atom. The molecule has 1 saturated heterocycles. The van der Waals surface area contributed by atoms with Gasteiger partial charge in [-0.25, -0.2) is 0 Å². The number of benzene rings is 1. The van der Waals surface area contributed by atoms with E-state index >= 15 is 0 Å². The molecule has 1 aliphatic carbocycles. The van der Waals surface area contributed by atoms with Gasteiger partial charge in [0.2, 0.25) is 0 Å². The van der Waals surface area contributed by atoms with E-state index in [2.05, 4.69) is 28.9 Å². The Balaban J connectivity index is 1.53. The van der Waals surface area contributed by atoms with Gasteiger partial charge in [0.15, 0.2) is 0 Å². The van der Waals surface area contributed by atoms with Crippen molar-refractivity contribution >= 4 is 28.9 Å². The quantitative estimate of drug-likeness (QED) is 0.815. The van der Waals surface area contributed by atoms with Crippen molar-refractivity contribution in [1.82, 2.24) is 4.90 Å². The summed E-state index contributed by atoms with van der Waals surface area (Å²) in [6.07, 6.45) is 6.36. The van der Waals surface area contributed by atoms with E-state index in [1.807, 2.05) is 6.92 Å². The number of anilines is 1. The fourth-order valence-electron chi connectivity index (χ4n) is 4.29. The third-order valence-corrected chi connectivity index (χ3v) is 6.99. The van der Waals surface area contributed by atoms with Gasteiger partial charge in [-0.3, -0.25) is 4.90 Å². The average Bonchev–Trinajstić information content (AvgIpc) is 2.60. The molecule has 1 unspecified atom stereocenters. The lowest BCUT2D eigenvalue weighted by molar-refractivity contribution is 0.198. The molecule has 0 spiro atoms. The summed E-state index contributed by atoms with van der Waals surface area (Å²) in [5, 5.41) is 1.38. The van der Waals surface area contributed by atoms with Crippen LogP contribution in [0.5, 0.6) is 0 Å². The van der Waals surface area contributed by atoms with Gasteiger partial charge in [0.05, 0.1) is 15.7 Å². The van der Waals surface area contributed by atoms with Crippen molar-refractivity contribution < 1.29 is 0 Å². The minimum atomic E-state index is 0.449. The molecule has 5 heteroatoms. The van der Waals surface area contributed by atoms with Crippen molar-refractivity contribution in [3.63, 3.8) is 0 Å². The Labute approximate surface area is 162 Å². The number of aryl methyl sites for hydroxylation is 1. The second-order valence-corrected chi connectivity index (χ2v) is 8.70. The smallest absolute Gasteiger partial charge is 0.0828 e. The van der Waals surface area contributed by atoms with Gasteiger partial charge >= 0.3 is 0 Å². The van der Waals surface area contributed by atoms with Crippen molar-refractivity contribution in [2.24, 2.45) is 11.7 Å². The Hall–Kier alpha value is -0.480. The second kappa shape index (κ2) is 8.47. The molecule has 1 heterocycles. The van der Waals surface area contributed by atoms with Crippen LogP contribution >= 0.6 is 23.2 Å². The number of hydrogen-bond acceptors (Lipinski definition) is 3. The van der Waals surface area contributed by atoms with Gasteiger partial charge in [-0.05, 0) is 70.0 Å². The molecule has 0 radical (unpaired) electrons. The van der Waals surface area contributed by atoms with E-state index in [4.69, 9.17) is 28.9 Å². The molecule has 1 saturated carbocycles. The highest BCUT2D eigenvalue weighted by Gasteiger charge is 2.27. The minimum Gasteiger partial charge on any atom is -0.365 e. The zero-order valence-electron chi connectivity index (χ0n) is 15.5. The maximum atomic E-state index is 6.51. The van der Waals surface area contributed by atoms with Gasteiger partial charge in [-0.15, -0.1) is 0 Å². The van der Waals surface area contributed by atoms with Gasteiger partial charge < -0.3 is 10.6 Å². The molecule has 2 N–H and O–H groups in total. The van der Waals surface area contributed by atoms with Gasteiger partial charge in [0.25, 0.3) is 0 Å². The largest absolute Gasteiger partial charge is 0.365 e. The molecular weight excluding hydrogens is 353 g/mol. The van der Waals surface area contributed by atoms with E-state index in [1.165, 1.54) is 38.6 Å². The number of halogens is 2. The van der Waals surface area contributed by atoms with Crippen LogP contribution in [0.4, 0.5) is 5.69 Å². The summed E-state index contributed by atoms with van der Waals surface area (Å²) in [5.41, 5.74) is 8.13. The first-order valence-electron chi connectivity index (χ1n) is 9.65. The molecule has 1 atom stereocenters. The number of nitrogens with two attached hydrogens (primary N) is 1. The van der Waals surface area contributed by atoms with E-state index in [0.717, 1.165) is 36.8 Å². The third kappa shape index (κ3) is 4.63. The monoisotopic (exact) mass is 383 g/mol. The summed E-state index contributed by atoms with van der Waals surface area (Å²) >= 11 is 12.9. The van der Waals surface area contributed by atoms with Crippen LogP contribution in [0, 0.1) is 12.8 Å². The van der Waals surface area contributed by atoms with Gasteiger partial charge in [0.1, 0.15) is 0 Å². The lowest BCUT2D eigenvalue weighted by Crippen LogP contribution is -2.52. The number of rotatable bonds is 4. The molecule has 0 aromatic heterocycles. The molecule has 1 aliphatic heterocycles. The summed E-state index contributed by atoms with van der Waals surface area (Å²) in [7, 11) is 0. The molecule has 3 rings (SSSR count). The first-order valence-corrected chi connectivity index (χ1v) is 10.4. The number of piperazine rings is 1. The van der Waals surface area contributed by atoms with Crippen molar-refractivity contribution in [3.05, 3.63) is 27.7 Å². The summed E-state index contributed by atoms with van der Waals surface area (Å²) in [6, 6.07) is 5.08. The highest BCUT2D eigenvalue weighted by molar-refractivity contribution is 6.44. The van der Waals surface area contributed by atoms with Crippen LogP contribution in [-0.2, 0) is 0 Å². The fraction of sp³-hybridized carbons (Fsp3) is 0.700. The van der Waals surface area contributed by atoms with Crippen LogP contribution < -0.4 is 10.6 Å². The molecule has 1 aromatic rings. The Morgan fingerprint density at radius 3 is 2.48 bits per heavy atom. The second-order valence-electron chi connectivity index (χ2n) is 7.94. The van der Waals surface area contributed by atoms with Crippen LogP contribution in [0.3, 0.4) is 0 Å². The fourth-order valence-corrected chi connectivity index (χ4v) is 4.77. The summed E-state index contributed by atoms with van der Waals surface area (Å²) in [4.78, 5) is 5.02. The molecule has 2 fully saturated rings. The van der Waals surface area contributed by atoms with Crippen LogP contribution in [0.25, 0.3) is 0 Å². The van der Waals surface area contributed by atoms with E-state index in [-0.39, 0.29) is 0 Å².